The van der Waals surface area contributed by atoms with Gasteiger partial charge in [-0.05, 0) is 20.8 Å². The summed E-state index contributed by atoms with van der Waals surface area (Å²) in [6, 6.07) is -0.757. The summed E-state index contributed by atoms with van der Waals surface area (Å²) in [5.41, 5.74) is 4.40. The quantitative estimate of drug-likeness (QED) is 0.543. The molecule has 8 heteroatoms. The Kier molecular flexibility index (Phi) is 5.00. The zero-order valence-corrected chi connectivity index (χ0v) is 13.2. The van der Waals surface area contributed by atoms with E-state index < -0.39 is 48.5 Å². The second-order valence-electron chi connectivity index (χ2n) is 6.03. The average Bonchev–Trinajstić information content (AvgIpc) is 2.45. The molecule has 128 valence electrons. The number of methoxy groups -OCH3 is 1. The number of ether oxygens (including phenoxy) is 4. The van der Waals surface area contributed by atoms with E-state index in [1.807, 2.05) is 0 Å². The first-order valence-electron chi connectivity index (χ1n) is 7.25. The molecule has 2 aliphatic rings. The third-order valence-corrected chi connectivity index (χ3v) is 4.31. The first kappa shape index (κ1) is 17.5. The number of rotatable bonds is 3. The Morgan fingerprint density at radius 2 is 1.95 bits per heavy atom. The van der Waals surface area contributed by atoms with Crippen LogP contribution < -0.4 is 5.73 Å². The van der Waals surface area contributed by atoms with Gasteiger partial charge in [-0.3, -0.25) is 0 Å². The van der Waals surface area contributed by atoms with Crippen molar-refractivity contribution >= 4 is 0 Å². The average molecular weight is 319 g/mol. The normalized spacial score (nSPS) is 49.4. The fourth-order valence-electron chi connectivity index (χ4n) is 2.80. The van der Waals surface area contributed by atoms with E-state index >= 15 is 0 Å². The van der Waals surface area contributed by atoms with Crippen molar-refractivity contribution in [2.24, 2.45) is 5.73 Å². The fraction of sp³-hybridized carbons (Fsp3) is 0.857. The van der Waals surface area contributed by atoms with E-state index in [1.54, 1.807) is 13.8 Å². The van der Waals surface area contributed by atoms with Crippen molar-refractivity contribution in [3.05, 3.63) is 12.0 Å². The molecule has 1 fully saturated rings. The molecule has 0 aromatic carbocycles. The van der Waals surface area contributed by atoms with Crippen LogP contribution in [0.2, 0.25) is 0 Å². The highest BCUT2D eigenvalue weighted by molar-refractivity contribution is 5.13. The molecule has 0 aromatic rings. The molecule has 0 spiro atoms. The molecule has 0 saturated carbocycles. The molecule has 8 nitrogen and oxygen atoms in total. The van der Waals surface area contributed by atoms with Crippen LogP contribution in [-0.4, -0.2) is 70.9 Å². The van der Waals surface area contributed by atoms with Gasteiger partial charge in [0.05, 0.1) is 12.1 Å². The van der Waals surface area contributed by atoms with Crippen LogP contribution >= 0.6 is 0 Å². The predicted molar refractivity (Wildman–Crippen MR) is 75.9 cm³/mol. The van der Waals surface area contributed by atoms with E-state index in [4.69, 9.17) is 24.7 Å². The first-order valence-corrected chi connectivity index (χ1v) is 7.25. The number of nitrogens with two attached hydrogens (primary N) is 1. The summed E-state index contributed by atoms with van der Waals surface area (Å²) in [6.07, 6.45) is -3.34. The summed E-state index contributed by atoms with van der Waals surface area (Å²) in [6.45, 7) is 4.79. The Morgan fingerprint density at radius 1 is 1.32 bits per heavy atom. The van der Waals surface area contributed by atoms with E-state index in [-0.39, 0.29) is 5.76 Å². The topological polar surface area (TPSA) is 124 Å². The van der Waals surface area contributed by atoms with Crippen molar-refractivity contribution in [2.45, 2.75) is 69.2 Å². The molecular formula is C14H25NO7. The van der Waals surface area contributed by atoms with Gasteiger partial charge in [-0.15, -0.1) is 0 Å². The van der Waals surface area contributed by atoms with Crippen LogP contribution in [0.25, 0.3) is 0 Å². The third-order valence-electron chi connectivity index (χ3n) is 4.31. The molecule has 4 unspecified atom stereocenters. The van der Waals surface area contributed by atoms with Gasteiger partial charge >= 0.3 is 0 Å². The lowest BCUT2D eigenvalue weighted by atomic mass is 9.91. The second kappa shape index (κ2) is 6.31. The van der Waals surface area contributed by atoms with Crippen LogP contribution in [0.15, 0.2) is 12.0 Å². The van der Waals surface area contributed by atoms with Gasteiger partial charge in [-0.25, -0.2) is 0 Å². The third kappa shape index (κ3) is 2.94. The van der Waals surface area contributed by atoms with Gasteiger partial charge in [0.1, 0.15) is 30.7 Å². The highest BCUT2D eigenvalue weighted by atomic mass is 16.7. The zero-order chi connectivity index (χ0) is 16.7. The molecular weight excluding hydrogens is 294 g/mol. The van der Waals surface area contributed by atoms with Crippen molar-refractivity contribution in [3.8, 4) is 0 Å². The monoisotopic (exact) mass is 319 g/mol. The van der Waals surface area contributed by atoms with E-state index in [2.05, 4.69) is 0 Å². The predicted octanol–water partition coefficient (Wildman–Crippen LogP) is -0.611. The summed E-state index contributed by atoms with van der Waals surface area (Å²) < 4.78 is 21.8. The molecule has 0 aromatic heterocycles. The van der Waals surface area contributed by atoms with Crippen LogP contribution in [0.3, 0.4) is 0 Å². The Bertz CT molecular complexity index is 427. The van der Waals surface area contributed by atoms with Gasteiger partial charge in [-0.2, -0.15) is 0 Å². The number of aliphatic hydroxyl groups excluding tert-OH is 2. The zero-order valence-electron chi connectivity index (χ0n) is 13.2. The van der Waals surface area contributed by atoms with Crippen LogP contribution in [0.4, 0.5) is 0 Å². The lowest BCUT2D eigenvalue weighted by Gasteiger charge is -2.46. The fourth-order valence-corrected chi connectivity index (χ4v) is 2.80. The van der Waals surface area contributed by atoms with Crippen molar-refractivity contribution in [1.29, 1.82) is 0 Å². The summed E-state index contributed by atoms with van der Waals surface area (Å²) in [5.74, 6) is -0.337. The molecule has 0 radical (unpaired) electrons. The highest BCUT2D eigenvalue weighted by Gasteiger charge is 2.50. The van der Waals surface area contributed by atoms with Crippen LogP contribution in [0.1, 0.15) is 20.8 Å². The summed E-state index contributed by atoms with van der Waals surface area (Å²) in [4.78, 5) is 0. The number of hydrogen-bond acceptors (Lipinski definition) is 8. The highest BCUT2D eigenvalue weighted by Crippen LogP contribution is 2.33. The van der Waals surface area contributed by atoms with Gasteiger partial charge in [0.25, 0.3) is 0 Å². The summed E-state index contributed by atoms with van der Waals surface area (Å²) in [5, 5.41) is 30.2. The Labute approximate surface area is 129 Å². The number of hydrogen-bond donors (Lipinski definition) is 4. The minimum Gasteiger partial charge on any atom is -0.506 e. The van der Waals surface area contributed by atoms with Gasteiger partial charge in [0, 0.05) is 7.11 Å². The second-order valence-corrected chi connectivity index (χ2v) is 6.03. The van der Waals surface area contributed by atoms with Crippen molar-refractivity contribution in [3.63, 3.8) is 0 Å². The lowest BCUT2D eigenvalue weighted by molar-refractivity contribution is -0.299. The molecule has 0 amide bonds. The molecule has 5 N–H and O–H groups in total. The molecule has 22 heavy (non-hydrogen) atoms. The maximum Gasteiger partial charge on any atom is 0.176 e. The SMILES string of the molecule is COC1[C@@H](O)C(C)O[C@H](OC2C(C)OC=C(O)[C@]2(C)O)[C@@H]1N. The van der Waals surface area contributed by atoms with Gasteiger partial charge in [0.15, 0.2) is 17.7 Å². The molecule has 2 heterocycles. The molecule has 1 saturated heterocycles. The maximum absolute atomic E-state index is 10.4. The van der Waals surface area contributed by atoms with Crippen molar-refractivity contribution in [2.75, 3.05) is 7.11 Å². The van der Waals surface area contributed by atoms with Gasteiger partial charge in [-0.1, -0.05) is 0 Å². The van der Waals surface area contributed by atoms with Crippen LogP contribution in [0, 0.1) is 0 Å². The summed E-state index contributed by atoms with van der Waals surface area (Å²) in [7, 11) is 1.44. The van der Waals surface area contributed by atoms with Crippen molar-refractivity contribution in [1.82, 2.24) is 0 Å². The Balaban J connectivity index is 2.17. The van der Waals surface area contributed by atoms with E-state index in [9.17, 15) is 15.3 Å². The first-order chi connectivity index (χ1) is 10.2. The molecule has 2 aliphatic heterocycles. The van der Waals surface area contributed by atoms with E-state index in [0.29, 0.717) is 0 Å². The largest absolute Gasteiger partial charge is 0.506 e. The van der Waals surface area contributed by atoms with Crippen molar-refractivity contribution < 1.29 is 34.3 Å². The van der Waals surface area contributed by atoms with Gasteiger partial charge < -0.3 is 40.0 Å². The Hall–Kier alpha value is -0.900. The molecule has 0 aliphatic carbocycles. The minimum atomic E-state index is -1.64. The number of aliphatic hydroxyl groups is 3. The van der Waals surface area contributed by atoms with E-state index in [1.165, 1.54) is 14.0 Å². The lowest BCUT2D eigenvalue weighted by Crippen LogP contribution is -2.64. The van der Waals surface area contributed by atoms with Crippen LogP contribution in [-0.2, 0) is 18.9 Å². The molecule has 0 bridgehead atoms. The Morgan fingerprint density at radius 3 is 2.55 bits per heavy atom. The standard InChI is InChI=1S/C14H25NO7/c1-6-10(17)11(19-4)9(15)13(21-6)22-12-7(2)20-5-8(16)14(12,3)18/h5-7,9-13,16-18H,15H2,1-4H3/t6?,7?,9-,10+,11?,12?,13-,14+/m1/s1. The van der Waals surface area contributed by atoms with Gasteiger partial charge in [0.2, 0.25) is 0 Å². The van der Waals surface area contributed by atoms with E-state index in [0.717, 1.165) is 6.26 Å². The minimum absolute atomic E-state index is 0.337. The smallest absolute Gasteiger partial charge is 0.176 e. The maximum atomic E-state index is 10.4. The molecule has 8 atom stereocenters. The van der Waals surface area contributed by atoms with Crippen LogP contribution in [0.5, 0.6) is 0 Å². The molecule has 2 rings (SSSR count). The summed E-state index contributed by atoms with van der Waals surface area (Å²) >= 11 is 0.